The van der Waals surface area contributed by atoms with Crippen molar-refractivity contribution in [3.8, 4) is 11.4 Å². The van der Waals surface area contributed by atoms with E-state index < -0.39 is 0 Å². The SMILES string of the molecule is COc1ccc(Cl)cc1NC(=O)CSc1nnnn1-c1ccc(C)cc1. The summed E-state index contributed by atoms with van der Waals surface area (Å²) in [4.78, 5) is 12.3. The van der Waals surface area contributed by atoms with Crippen LogP contribution >= 0.6 is 23.4 Å². The number of methoxy groups -OCH3 is 1. The number of nitrogens with zero attached hydrogens (tertiary/aromatic N) is 4. The van der Waals surface area contributed by atoms with Crippen molar-refractivity contribution in [2.24, 2.45) is 0 Å². The number of aryl methyl sites for hydroxylation is 1. The second-order valence-electron chi connectivity index (χ2n) is 5.39. The van der Waals surface area contributed by atoms with E-state index in [0.717, 1.165) is 11.3 Å². The minimum Gasteiger partial charge on any atom is -0.495 e. The Morgan fingerprint density at radius 2 is 2.04 bits per heavy atom. The van der Waals surface area contributed by atoms with Gasteiger partial charge in [0.1, 0.15) is 5.75 Å². The fourth-order valence-corrected chi connectivity index (χ4v) is 3.07. The van der Waals surface area contributed by atoms with E-state index in [0.29, 0.717) is 21.6 Å². The Bertz CT molecular complexity index is 914. The molecule has 0 aliphatic rings. The number of carbonyl (C=O) groups excluding carboxylic acids is 1. The molecule has 1 amide bonds. The zero-order chi connectivity index (χ0) is 18.5. The van der Waals surface area contributed by atoms with Crippen LogP contribution in [0.2, 0.25) is 5.02 Å². The molecule has 0 radical (unpaired) electrons. The molecule has 1 heterocycles. The number of hydrogen-bond acceptors (Lipinski definition) is 6. The average Bonchev–Trinajstić information content (AvgIpc) is 3.09. The van der Waals surface area contributed by atoms with E-state index in [-0.39, 0.29) is 11.7 Å². The lowest BCUT2D eigenvalue weighted by Crippen LogP contribution is -2.15. The summed E-state index contributed by atoms with van der Waals surface area (Å²) in [7, 11) is 1.53. The number of hydrogen-bond donors (Lipinski definition) is 1. The molecule has 0 aliphatic carbocycles. The van der Waals surface area contributed by atoms with Crippen LogP contribution in [0.25, 0.3) is 5.69 Å². The maximum atomic E-state index is 12.3. The number of tetrazole rings is 1. The first-order valence-corrected chi connectivity index (χ1v) is 9.05. The Kier molecular flexibility index (Phi) is 5.75. The van der Waals surface area contributed by atoms with Crippen molar-refractivity contribution >= 4 is 35.0 Å². The molecule has 0 bridgehead atoms. The summed E-state index contributed by atoms with van der Waals surface area (Å²) in [6.45, 7) is 2.01. The quantitative estimate of drug-likeness (QED) is 0.651. The molecular formula is C17H16ClN5O2S. The minimum absolute atomic E-state index is 0.141. The number of amides is 1. The summed E-state index contributed by atoms with van der Waals surface area (Å²) < 4.78 is 6.82. The number of rotatable bonds is 6. The van der Waals surface area contributed by atoms with Crippen LogP contribution in [0.5, 0.6) is 5.75 Å². The summed E-state index contributed by atoms with van der Waals surface area (Å²) in [6, 6.07) is 12.8. The first-order valence-electron chi connectivity index (χ1n) is 7.68. The van der Waals surface area contributed by atoms with E-state index in [4.69, 9.17) is 16.3 Å². The molecule has 0 saturated heterocycles. The summed E-state index contributed by atoms with van der Waals surface area (Å²) in [5.41, 5.74) is 2.50. The van der Waals surface area contributed by atoms with Gasteiger partial charge in [-0.15, -0.1) is 5.10 Å². The zero-order valence-corrected chi connectivity index (χ0v) is 15.7. The fourth-order valence-electron chi connectivity index (χ4n) is 2.21. The normalized spacial score (nSPS) is 10.6. The number of benzene rings is 2. The van der Waals surface area contributed by atoms with E-state index in [1.165, 1.54) is 18.9 Å². The monoisotopic (exact) mass is 389 g/mol. The highest BCUT2D eigenvalue weighted by atomic mass is 35.5. The fraction of sp³-hybridized carbons (Fsp3) is 0.176. The van der Waals surface area contributed by atoms with Crippen LogP contribution in [0.4, 0.5) is 5.69 Å². The molecule has 1 N–H and O–H groups in total. The highest BCUT2D eigenvalue weighted by molar-refractivity contribution is 7.99. The predicted octanol–water partition coefficient (Wildman–Crippen LogP) is 3.36. The van der Waals surface area contributed by atoms with Gasteiger partial charge < -0.3 is 10.1 Å². The molecule has 134 valence electrons. The van der Waals surface area contributed by atoms with Crippen molar-refractivity contribution in [1.82, 2.24) is 20.2 Å². The maximum absolute atomic E-state index is 12.3. The molecule has 7 nitrogen and oxygen atoms in total. The van der Waals surface area contributed by atoms with Crippen LogP contribution in [0, 0.1) is 6.92 Å². The number of carbonyl (C=O) groups is 1. The Hall–Kier alpha value is -2.58. The molecule has 0 saturated carbocycles. The van der Waals surface area contributed by atoms with Gasteiger partial charge >= 0.3 is 0 Å². The first kappa shape index (κ1) is 18.2. The molecule has 2 aromatic carbocycles. The molecule has 0 spiro atoms. The van der Waals surface area contributed by atoms with E-state index in [9.17, 15) is 4.79 Å². The average molecular weight is 390 g/mol. The molecule has 3 aromatic rings. The lowest BCUT2D eigenvalue weighted by Gasteiger charge is -2.10. The third-order valence-electron chi connectivity index (χ3n) is 3.49. The summed E-state index contributed by atoms with van der Waals surface area (Å²) in [6.07, 6.45) is 0. The number of halogens is 1. The number of anilines is 1. The van der Waals surface area contributed by atoms with E-state index in [1.54, 1.807) is 22.9 Å². The molecule has 26 heavy (non-hydrogen) atoms. The van der Waals surface area contributed by atoms with Gasteiger partial charge in [-0.3, -0.25) is 4.79 Å². The largest absolute Gasteiger partial charge is 0.495 e. The Morgan fingerprint density at radius 1 is 1.27 bits per heavy atom. The molecule has 0 aliphatic heterocycles. The standard InChI is InChI=1S/C17H16ClN5O2S/c1-11-3-6-13(7-4-11)23-17(20-21-22-23)26-10-16(24)19-14-9-12(18)5-8-15(14)25-2/h3-9H,10H2,1-2H3,(H,19,24). The lowest BCUT2D eigenvalue weighted by molar-refractivity contribution is -0.113. The van der Waals surface area contributed by atoms with E-state index in [1.807, 2.05) is 31.2 Å². The second-order valence-corrected chi connectivity index (χ2v) is 6.77. The van der Waals surface area contributed by atoms with Crippen LogP contribution in [0.1, 0.15) is 5.56 Å². The molecule has 0 atom stereocenters. The summed E-state index contributed by atoms with van der Waals surface area (Å²) in [5.74, 6) is 0.466. The summed E-state index contributed by atoms with van der Waals surface area (Å²) >= 11 is 7.21. The van der Waals surface area contributed by atoms with Crippen molar-refractivity contribution in [1.29, 1.82) is 0 Å². The van der Waals surface area contributed by atoms with Crippen molar-refractivity contribution in [2.75, 3.05) is 18.2 Å². The van der Waals surface area contributed by atoms with Crippen molar-refractivity contribution in [3.05, 3.63) is 53.1 Å². The van der Waals surface area contributed by atoms with Gasteiger partial charge in [-0.2, -0.15) is 4.68 Å². The van der Waals surface area contributed by atoms with Gasteiger partial charge in [0.2, 0.25) is 11.1 Å². The Morgan fingerprint density at radius 3 is 2.77 bits per heavy atom. The predicted molar refractivity (Wildman–Crippen MR) is 101 cm³/mol. The lowest BCUT2D eigenvalue weighted by atomic mass is 10.2. The van der Waals surface area contributed by atoms with E-state index in [2.05, 4.69) is 20.8 Å². The van der Waals surface area contributed by atoms with Gasteiger partial charge in [0.05, 0.1) is 24.2 Å². The van der Waals surface area contributed by atoms with Gasteiger partial charge in [-0.05, 0) is 47.7 Å². The number of aromatic nitrogens is 4. The molecular weight excluding hydrogens is 374 g/mol. The van der Waals surface area contributed by atoms with Crippen LogP contribution in [0.3, 0.4) is 0 Å². The van der Waals surface area contributed by atoms with Gasteiger partial charge in [-0.25, -0.2) is 0 Å². The second kappa shape index (κ2) is 8.20. The molecule has 0 unspecified atom stereocenters. The molecule has 9 heteroatoms. The van der Waals surface area contributed by atoms with Crippen molar-refractivity contribution in [2.45, 2.75) is 12.1 Å². The first-order chi connectivity index (χ1) is 12.6. The topological polar surface area (TPSA) is 81.9 Å². The zero-order valence-electron chi connectivity index (χ0n) is 14.1. The molecule has 3 rings (SSSR count). The van der Waals surface area contributed by atoms with Crippen molar-refractivity contribution in [3.63, 3.8) is 0 Å². The van der Waals surface area contributed by atoms with Crippen LogP contribution in [-0.2, 0) is 4.79 Å². The molecule has 1 aromatic heterocycles. The highest BCUT2D eigenvalue weighted by Crippen LogP contribution is 2.28. The van der Waals surface area contributed by atoms with Crippen LogP contribution in [-0.4, -0.2) is 39.0 Å². The van der Waals surface area contributed by atoms with Gasteiger partial charge in [0.25, 0.3) is 0 Å². The van der Waals surface area contributed by atoms with Crippen LogP contribution in [0.15, 0.2) is 47.6 Å². The van der Waals surface area contributed by atoms with Gasteiger partial charge in [0.15, 0.2) is 0 Å². The smallest absolute Gasteiger partial charge is 0.234 e. The van der Waals surface area contributed by atoms with Gasteiger partial charge in [0, 0.05) is 5.02 Å². The maximum Gasteiger partial charge on any atom is 0.234 e. The Labute approximate surface area is 159 Å². The van der Waals surface area contributed by atoms with Gasteiger partial charge in [-0.1, -0.05) is 41.1 Å². The minimum atomic E-state index is -0.214. The number of thioether (sulfide) groups is 1. The van der Waals surface area contributed by atoms with Crippen molar-refractivity contribution < 1.29 is 9.53 Å². The third kappa shape index (κ3) is 4.33. The Balaban J connectivity index is 1.67. The summed E-state index contributed by atoms with van der Waals surface area (Å²) in [5, 5.41) is 15.5. The van der Waals surface area contributed by atoms with Crippen LogP contribution < -0.4 is 10.1 Å². The third-order valence-corrected chi connectivity index (χ3v) is 4.64. The van der Waals surface area contributed by atoms with E-state index >= 15 is 0 Å². The molecule has 0 fully saturated rings. The highest BCUT2D eigenvalue weighted by Gasteiger charge is 2.13. The number of ether oxygens (including phenoxy) is 1. The number of nitrogens with one attached hydrogen (secondary N) is 1.